The predicted molar refractivity (Wildman–Crippen MR) is 62.7 cm³/mol. The molecule has 0 aliphatic heterocycles. The van der Waals surface area contributed by atoms with Crippen molar-refractivity contribution in [2.45, 2.75) is 25.8 Å². The highest BCUT2D eigenvalue weighted by molar-refractivity contribution is 5.93. The quantitative estimate of drug-likeness (QED) is 0.727. The molecular formula is C11H14FN3O3. The molecule has 18 heavy (non-hydrogen) atoms. The van der Waals surface area contributed by atoms with Crippen molar-refractivity contribution in [3.63, 3.8) is 0 Å². The summed E-state index contributed by atoms with van der Waals surface area (Å²) in [4.78, 5) is 25.5. The number of nitrogens with two attached hydrogens (primary N) is 1. The Labute approximate surface area is 103 Å². The summed E-state index contributed by atoms with van der Waals surface area (Å²) in [6, 6.07) is 0.859. The van der Waals surface area contributed by atoms with Crippen molar-refractivity contribution in [2.75, 3.05) is 5.32 Å². The molecule has 1 aromatic rings. The van der Waals surface area contributed by atoms with Gasteiger partial charge in [-0.3, -0.25) is 4.79 Å². The van der Waals surface area contributed by atoms with Crippen LogP contribution in [0.5, 0.6) is 0 Å². The fraction of sp³-hybridized carbons (Fsp3) is 0.364. The van der Waals surface area contributed by atoms with E-state index in [1.165, 1.54) is 0 Å². The Bertz CT molecular complexity index is 488. The summed E-state index contributed by atoms with van der Waals surface area (Å²) in [5.74, 6) is -2.59. The van der Waals surface area contributed by atoms with Gasteiger partial charge in [0.2, 0.25) is 5.91 Å². The van der Waals surface area contributed by atoms with E-state index in [1.807, 2.05) is 0 Å². The van der Waals surface area contributed by atoms with Crippen LogP contribution in [0.3, 0.4) is 0 Å². The largest absolute Gasteiger partial charge is 0.478 e. The molecule has 0 spiro atoms. The summed E-state index contributed by atoms with van der Waals surface area (Å²) < 4.78 is 12.9. The molecule has 4 N–H and O–H groups in total. The molecule has 0 bridgehead atoms. The normalized spacial score (nSPS) is 11.1. The van der Waals surface area contributed by atoms with Crippen molar-refractivity contribution in [1.82, 2.24) is 4.98 Å². The van der Waals surface area contributed by atoms with Gasteiger partial charge in [0, 0.05) is 12.0 Å². The lowest BCUT2D eigenvalue weighted by atomic mass is 10.00. The number of anilines is 1. The standard InChI is InChI=1S/C11H14FN3O3/c1-11(2,4-8(13)16)15-9-7(10(17)18)3-6(12)5-14-9/h3,5H,4H2,1-2H3,(H2,13,16)(H,14,15)(H,17,18). The summed E-state index contributed by atoms with van der Waals surface area (Å²) in [5, 5.41) is 11.7. The highest BCUT2D eigenvalue weighted by atomic mass is 19.1. The van der Waals surface area contributed by atoms with Gasteiger partial charge < -0.3 is 16.2 Å². The number of carbonyl (C=O) groups excluding carboxylic acids is 1. The molecule has 98 valence electrons. The van der Waals surface area contributed by atoms with Gasteiger partial charge in [-0.15, -0.1) is 0 Å². The highest BCUT2D eigenvalue weighted by Gasteiger charge is 2.24. The monoisotopic (exact) mass is 255 g/mol. The van der Waals surface area contributed by atoms with E-state index in [9.17, 15) is 14.0 Å². The minimum atomic E-state index is -1.31. The first-order valence-electron chi connectivity index (χ1n) is 5.16. The smallest absolute Gasteiger partial charge is 0.339 e. The van der Waals surface area contributed by atoms with Crippen LogP contribution in [-0.4, -0.2) is 27.5 Å². The van der Waals surface area contributed by atoms with Crippen LogP contribution in [0.2, 0.25) is 0 Å². The van der Waals surface area contributed by atoms with E-state index in [2.05, 4.69) is 10.3 Å². The lowest BCUT2D eigenvalue weighted by molar-refractivity contribution is -0.118. The third-order valence-corrected chi connectivity index (χ3v) is 2.16. The molecule has 7 heteroatoms. The molecule has 0 saturated carbocycles. The Hall–Kier alpha value is -2.18. The fourth-order valence-electron chi connectivity index (χ4n) is 1.50. The van der Waals surface area contributed by atoms with Gasteiger partial charge in [-0.25, -0.2) is 14.2 Å². The van der Waals surface area contributed by atoms with Gasteiger partial charge in [-0.1, -0.05) is 0 Å². The second kappa shape index (κ2) is 4.99. The van der Waals surface area contributed by atoms with Crippen LogP contribution in [0.25, 0.3) is 0 Å². The molecule has 0 radical (unpaired) electrons. The lowest BCUT2D eigenvalue weighted by Crippen LogP contribution is -2.36. The van der Waals surface area contributed by atoms with Crippen molar-refractivity contribution in [2.24, 2.45) is 5.73 Å². The van der Waals surface area contributed by atoms with Gasteiger partial charge in [0.1, 0.15) is 17.2 Å². The minimum Gasteiger partial charge on any atom is -0.478 e. The molecule has 0 unspecified atom stereocenters. The van der Waals surface area contributed by atoms with Crippen molar-refractivity contribution < 1.29 is 19.1 Å². The van der Waals surface area contributed by atoms with Crippen molar-refractivity contribution in [3.8, 4) is 0 Å². The molecule has 0 saturated heterocycles. The average molecular weight is 255 g/mol. The number of hydrogen-bond acceptors (Lipinski definition) is 4. The first-order valence-corrected chi connectivity index (χ1v) is 5.16. The molecule has 1 amide bonds. The first kappa shape index (κ1) is 13.9. The number of nitrogens with zero attached hydrogens (tertiary/aromatic N) is 1. The molecule has 1 aromatic heterocycles. The summed E-state index contributed by atoms with van der Waals surface area (Å²) in [6.07, 6.45) is 0.889. The fourth-order valence-corrected chi connectivity index (χ4v) is 1.50. The van der Waals surface area contributed by atoms with Gasteiger partial charge in [-0.2, -0.15) is 0 Å². The number of aromatic nitrogens is 1. The zero-order valence-electron chi connectivity index (χ0n) is 10.0. The van der Waals surface area contributed by atoms with Crippen molar-refractivity contribution >= 4 is 17.7 Å². The molecule has 0 aliphatic rings. The number of carbonyl (C=O) groups is 2. The molecule has 0 atom stereocenters. The molecule has 6 nitrogen and oxygen atoms in total. The van der Waals surface area contributed by atoms with Crippen LogP contribution in [0.15, 0.2) is 12.3 Å². The Balaban J connectivity index is 3.03. The molecule has 1 rings (SSSR count). The first-order chi connectivity index (χ1) is 8.21. The number of primary amides is 1. The predicted octanol–water partition coefficient (Wildman–Crippen LogP) is 0.985. The Morgan fingerprint density at radius 1 is 1.56 bits per heavy atom. The van der Waals surface area contributed by atoms with Gasteiger partial charge in [0.25, 0.3) is 0 Å². The van der Waals surface area contributed by atoms with Gasteiger partial charge >= 0.3 is 5.97 Å². The third-order valence-electron chi connectivity index (χ3n) is 2.16. The lowest BCUT2D eigenvalue weighted by Gasteiger charge is -2.26. The van der Waals surface area contributed by atoms with Crippen LogP contribution in [0.1, 0.15) is 30.6 Å². The van der Waals surface area contributed by atoms with E-state index in [-0.39, 0.29) is 17.8 Å². The highest BCUT2D eigenvalue weighted by Crippen LogP contribution is 2.20. The number of aromatic carboxylic acids is 1. The number of rotatable bonds is 5. The minimum absolute atomic E-state index is 0.00449. The zero-order valence-corrected chi connectivity index (χ0v) is 10.0. The molecule has 0 aromatic carbocycles. The van der Waals surface area contributed by atoms with Crippen LogP contribution in [0, 0.1) is 5.82 Å². The molecule has 1 heterocycles. The number of halogens is 1. The Kier molecular flexibility index (Phi) is 3.85. The van der Waals surface area contributed by atoms with Crippen LogP contribution < -0.4 is 11.1 Å². The number of hydrogen-bond donors (Lipinski definition) is 3. The maximum absolute atomic E-state index is 12.9. The maximum Gasteiger partial charge on any atom is 0.339 e. The number of carboxylic acids is 1. The van der Waals surface area contributed by atoms with Crippen LogP contribution in [-0.2, 0) is 4.79 Å². The van der Waals surface area contributed by atoms with E-state index >= 15 is 0 Å². The summed E-state index contributed by atoms with van der Waals surface area (Å²) in [5.41, 5.74) is 4.00. The maximum atomic E-state index is 12.9. The SMILES string of the molecule is CC(C)(CC(N)=O)Nc1ncc(F)cc1C(=O)O. The van der Waals surface area contributed by atoms with Crippen molar-refractivity contribution in [1.29, 1.82) is 0 Å². The summed E-state index contributed by atoms with van der Waals surface area (Å²) in [6.45, 7) is 3.32. The Morgan fingerprint density at radius 2 is 2.17 bits per heavy atom. The summed E-state index contributed by atoms with van der Waals surface area (Å²) in [7, 11) is 0. The van der Waals surface area contributed by atoms with E-state index in [0.29, 0.717) is 0 Å². The average Bonchev–Trinajstić information content (AvgIpc) is 2.18. The van der Waals surface area contributed by atoms with Gasteiger partial charge in [0.05, 0.1) is 6.20 Å². The topological polar surface area (TPSA) is 105 Å². The van der Waals surface area contributed by atoms with E-state index in [1.54, 1.807) is 13.8 Å². The second-order valence-electron chi connectivity index (χ2n) is 4.51. The van der Waals surface area contributed by atoms with E-state index in [0.717, 1.165) is 12.3 Å². The molecular weight excluding hydrogens is 241 g/mol. The molecule has 0 fully saturated rings. The van der Waals surface area contributed by atoms with Crippen molar-refractivity contribution in [3.05, 3.63) is 23.6 Å². The van der Waals surface area contributed by atoms with Gasteiger partial charge in [0.15, 0.2) is 0 Å². The van der Waals surface area contributed by atoms with E-state index in [4.69, 9.17) is 10.8 Å². The number of nitrogens with one attached hydrogen (secondary N) is 1. The number of amides is 1. The number of carboxylic acid groups (broad SMARTS) is 1. The molecule has 0 aliphatic carbocycles. The van der Waals surface area contributed by atoms with Gasteiger partial charge in [-0.05, 0) is 19.9 Å². The third kappa shape index (κ3) is 3.69. The number of pyridine rings is 1. The summed E-state index contributed by atoms with van der Waals surface area (Å²) >= 11 is 0. The second-order valence-corrected chi connectivity index (χ2v) is 4.51. The van der Waals surface area contributed by atoms with Crippen LogP contribution >= 0.6 is 0 Å². The Morgan fingerprint density at radius 3 is 2.67 bits per heavy atom. The zero-order chi connectivity index (χ0) is 13.9. The van der Waals surface area contributed by atoms with E-state index < -0.39 is 23.2 Å². The van der Waals surface area contributed by atoms with Crippen LogP contribution in [0.4, 0.5) is 10.2 Å².